The van der Waals surface area contributed by atoms with E-state index in [1.807, 2.05) is 36.4 Å². The fourth-order valence-corrected chi connectivity index (χ4v) is 1.66. The van der Waals surface area contributed by atoms with Crippen LogP contribution in [0.3, 0.4) is 0 Å². The summed E-state index contributed by atoms with van der Waals surface area (Å²) >= 11 is 0. The summed E-state index contributed by atoms with van der Waals surface area (Å²) in [5.74, 6) is 0.808. The first-order valence-corrected chi connectivity index (χ1v) is 6.58. The Morgan fingerprint density at radius 3 is 2.38 bits per heavy atom. The van der Waals surface area contributed by atoms with Gasteiger partial charge in [-0.3, -0.25) is 4.99 Å². The van der Waals surface area contributed by atoms with Gasteiger partial charge in [-0.25, -0.2) is 0 Å². The van der Waals surface area contributed by atoms with E-state index in [0.717, 1.165) is 17.0 Å². The number of hydrogen-bond donors (Lipinski definition) is 0. The van der Waals surface area contributed by atoms with Crippen LogP contribution in [-0.2, 0) is 4.74 Å². The van der Waals surface area contributed by atoms with Gasteiger partial charge in [0.15, 0.2) is 0 Å². The molecule has 0 heterocycles. The summed E-state index contributed by atoms with van der Waals surface area (Å²) < 4.78 is 10.4. The summed E-state index contributed by atoms with van der Waals surface area (Å²) in [6.45, 7) is 1.11. The molecule has 0 aromatic heterocycles. The molecular weight excluding hydrogens is 264 g/mol. The summed E-state index contributed by atoms with van der Waals surface area (Å²) in [5, 5.41) is 8.73. The van der Waals surface area contributed by atoms with E-state index in [1.165, 1.54) is 0 Å². The number of benzene rings is 2. The van der Waals surface area contributed by atoms with Crippen molar-refractivity contribution >= 4 is 11.9 Å². The lowest BCUT2D eigenvalue weighted by Crippen LogP contribution is -2.03. The second-order valence-electron chi connectivity index (χ2n) is 4.33. The summed E-state index contributed by atoms with van der Waals surface area (Å²) in [5.41, 5.74) is 2.43. The van der Waals surface area contributed by atoms with Crippen LogP contribution >= 0.6 is 0 Å². The lowest BCUT2D eigenvalue weighted by molar-refractivity contribution is 0.146. The minimum atomic E-state index is 0.537. The van der Waals surface area contributed by atoms with Gasteiger partial charge in [-0.2, -0.15) is 5.26 Å². The Morgan fingerprint density at radius 1 is 1.05 bits per heavy atom. The monoisotopic (exact) mass is 280 g/mol. The van der Waals surface area contributed by atoms with Crippen molar-refractivity contribution in [3.63, 3.8) is 0 Å². The number of aliphatic imine (C=N–C) groups is 1. The fourth-order valence-electron chi connectivity index (χ4n) is 1.66. The second-order valence-corrected chi connectivity index (χ2v) is 4.33. The van der Waals surface area contributed by atoms with Gasteiger partial charge in [0, 0.05) is 13.3 Å². The van der Waals surface area contributed by atoms with Crippen LogP contribution in [0.25, 0.3) is 0 Å². The zero-order chi connectivity index (χ0) is 14.9. The smallest absolute Gasteiger partial charge is 0.119 e. The predicted octanol–water partition coefficient (Wildman–Crippen LogP) is 3.33. The predicted molar refractivity (Wildman–Crippen MR) is 82.2 cm³/mol. The maximum atomic E-state index is 8.73. The Balaban J connectivity index is 1.95. The van der Waals surface area contributed by atoms with Crippen LogP contribution in [0.5, 0.6) is 5.75 Å². The first-order chi connectivity index (χ1) is 10.3. The van der Waals surface area contributed by atoms with E-state index in [1.54, 1.807) is 25.5 Å². The normalized spacial score (nSPS) is 10.5. The van der Waals surface area contributed by atoms with E-state index >= 15 is 0 Å². The van der Waals surface area contributed by atoms with E-state index in [9.17, 15) is 0 Å². The third kappa shape index (κ3) is 4.75. The number of hydrogen-bond acceptors (Lipinski definition) is 4. The average Bonchev–Trinajstić information content (AvgIpc) is 2.55. The lowest BCUT2D eigenvalue weighted by atomic mass is 10.2. The van der Waals surface area contributed by atoms with Gasteiger partial charge >= 0.3 is 0 Å². The molecule has 0 N–H and O–H groups in total. The third-order valence-electron chi connectivity index (χ3n) is 2.80. The van der Waals surface area contributed by atoms with E-state index in [4.69, 9.17) is 14.7 Å². The zero-order valence-corrected chi connectivity index (χ0v) is 11.8. The van der Waals surface area contributed by atoms with Crippen LogP contribution in [0, 0.1) is 11.3 Å². The van der Waals surface area contributed by atoms with Crippen molar-refractivity contribution in [3.05, 3.63) is 59.7 Å². The number of nitrogens with zero attached hydrogens (tertiary/aromatic N) is 2. The minimum absolute atomic E-state index is 0.537. The number of ether oxygens (including phenoxy) is 2. The molecule has 0 unspecified atom stereocenters. The molecule has 0 aliphatic carbocycles. The van der Waals surface area contributed by atoms with Crippen LogP contribution in [0.1, 0.15) is 11.1 Å². The van der Waals surface area contributed by atoms with Gasteiger partial charge in [0.2, 0.25) is 0 Å². The number of nitriles is 1. The zero-order valence-electron chi connectivity index (χ0n) is 11.8. The van der Waals surface area contributed by atoms with Crippen LogP contribution < -0.4 is 4.74 Å². The van der Waals surface area contributed by atoms with E-state index in [2.05, 4.69) is 11.1 Å². The topological polar surface area (TPSA) is 54.6 Å². The molecule has 0 saturated carbocycles. The molecule has 0 atom stereocenters. The van der Waals surface area contributed by atoms with Crippen molar-refractivity contribution in [1.82, 2.24) is 0 Å². The molecule has 2 aromatic rings. The van der Waals surface area contributed by atoms with E-state index in [-0.39, 0.29) is 0 Å². The highest BCUT2D eigenvalue weighted by Crippen LogP contribution is 2.14. The van der Waals surface area contributed by atoms with Gasteiger partial charge in [0.05, 0.1) is 23.9 Å². The van der Waals surface area contributed by atoms with Crippen molar-refractivity contribution < 1.29 is 9.47 Å². The third-order valence-corrected chi connectivity index (χ3v) is 2.80. The average molecular weight is 280 g/mol. The van der Waals surface area contributed by atoms with Crippen LogP contribution in [0.4, 0.5) is 5.69 Å². The SMILES string of the molecule is COCCOc1ccc(C=Nc2ccc(C#N)cc2)cc1. The molecule has 0 amide bonds. The Bertz CT molecular complexity index is 625. The van der Waals surface area contributed by atoms with Gasteiger partial charge in [-0.1, -0.05) is 0 Å². The van der Waals surface area contributed by atoms with Crippen molar-refractivity contribution in [2.24, 2.45) is 4.99 Å². The summed E-state index contributed by atoms with van der Waals surface area (Å²) in [6.07, 6.45) is 1.78. The number of rotatable bonds is 6. The first-order valence-electron chi connectivity index (χ1n) is 6.58. The van der Waals surface area contributed by atoms with Crippen LogP contribution in [0.2, 0.25) is 0 Å². The Morgan fingerprint density at radius 2 is 1.76 bits per heavy atom. The minimum Gasteiger partial charge on any atom is -0.491 e. The molecule has 2 aromatic carbocycles. The highest BCUT2D eigenvalue weighted by atomic mass is 16.5. The quantitative estimate of drug-likeness (QED) is 0.602. The Labute approximate surface area is 124 Å². The molecule has 21 heavy (non-hydrogen) atoms. The molecule has 4 nitrogen and oxygen atoms in total. The highest BCUT2D eigenvalue weighted by molar-refractivity contribution is 5.82. The summed E-state index contributed by atoms with van der Waals surface area (Å²) in [6, 6.07) is 16.9. The summed E-state index contributed by atoms with van der Waals surface area (Å²) in [7, 11) is 1.64. The Kier molecular flexibility index (Phi) is 5.50. The van der Waals surface area contributed by atoms with Crippen LogP contribution in [-0.4, -0.2) is 26.5 Å². The van der Waals surface area contributed by atoms with Crippen molar-refractivity contribution in [3.8, 4) is 11.8 Å². The van der Waals surface area contributed by atoms with Gasteiger partial charge < -0.3 is 9.47 Å². The molecule has 0 fully saturated rings. The fraction of sp³-hybridized carbons (Fsp3) is 0.176. The van der Waals surface area contributed by atoms with Crippen LogP contribution in [0.15, 0.2) is 53.5 Å². The Hall–Kier alpha value is -2.64. The molecule has 2 rings (SSSR count). The molecule has 0 bridgehead atoms. The molecule has 106 valence electrons. The van der Waals surface area contributed by atoms with Gasteiger partial charge in [0.1, 0.15) is 12.4 Å². The molecule has 4 heteroatoms. The lowest BCUT2D eigenvalue weighted by Gasteiger charge is -2.05. The molecular formula is C17H16N2O2. The molecule has 0 aliphatic rings. The van der Waals surface area contributed by atoms with E-state index < -0.39 is 0 Å². The molecule has 0 aliphatic heterocycles. The number of methoxy groups -OCH3 is 1. The molecule has 0 spiro atoms. The maximum Gasteiger partial charge on any atom is 0.119 e. The standard InChI is InChI=1S/C17H16N2O2/c1-20-10-11-21-17-8-4-15(5-9-17)13-19-16-6-2-14(12-18)3-7-16/h2-9,13H,10-11H2,1H3. The van der Waals surface area contributed by atoms with Gasteiger partial charge in [-0.15, -0.1) is 0 Å². The second kappa shape index (κ2) is 7.83. The first kappa shape index (κ1) is 14.8. The van der Waals surface area contributed by atoms with Crippen molar-refractivity contribution in [2.75, 3.05) is 20.3 Å². The largest absolute Gasteiger partial charge is 0.491 e. The van der Waals surface area contributed by atoms with Gasteiger partial charge in [-0.05, 0) is 54.1 Å². The summed E-state index contributed by atoms with van der Waals surface area (Å²) in [4.78, 5) is 4.36. The van der Waals surface area contributed by atoms with Crippen molar-refractivity contribution in [2.45, 2.75) is 0 Å². The van der Waals surface area contributed by atoms with E-state index in [0.29, 0.717) is 18.8 Å². The molecule has 0 radical (unpaired) electrons. The molecule has 0 saturated heterocycles. The highest BCUT2D eigenvalue weighted by Gasteiger charge is 1.94. The van der Waals surface area contributed by atoms with Crippen molar-refractivity contribution in [1.29, 1.82) is 5.26 Å². The van der Waals surface area contributed by atoms with Gasteiger partial charge in [0.25, 0.3) is 0 Å². The maximum absolute atomic E-state index is 8.73.